The summed E-state index contributed by atoms with van der Waals surface area (Å²) in [4.78, 5) is 0. The van der Waals surface area contributed by atoms with Crippen LogP contribution in [0.1, 0.15) is 0 Å². The second-order valence-electron chi connectivity index (χ2n) is 14.0. The summed E-state index contributed by atoms with van der Waals surface area (Å²) in [5.74, 6) is 0.881. The zero-order chi connectivity index (χ0) is 34.6. The fourth-order valence-electron chi connectivity index (χ4n) is 8.66. The number of furan rings is 2. The molecule has 0 saturated heterocycles. The summed E-state index contributed by atoms with van der Waals surface area (Å²) < 4.78 is 15.8. The Labute approximate surface area is 307 Å². The molecule has 3 aromatic heterocycles. The zero-order valence-corrected chi connectivity index (χ0v) is 29.2. The highest BCUT2D eigenvalue weighted by molar-refractivity contribution is 7.26. The average molecular weight is 693 g/mol. The van der Waals surface area contributed by atoms with E-state index in [4.69, 9.17) is 8.83 Å². The molecular weight excluding hydrogens is 665 g/mol. The quantitative estimate of drug-likeness (QED) is 0.172. The lowest BCUT2D eigenvalue weighted by Crippen LogP contribution is -1.91. The topological polar surface area (TPSA) is 26.3 Å². The fraction of sp³-hybridized carbons (Fsp3) is 0. The predicted molar refractivity (Wildman–Crippen MR) is 225 cm³/mol. The maximum absolute atomic E-state index is 6.96. The summed E-state index contributed by atoms with van der Waals surface area (Å²) in [6, 6.07) is 61.2. The van der Waals surface area contributed by atoms with Gasteiger partial charge in [0.05, 0.1) is 0 Å². The largest absolute Gasteiger partial charge is 0.456 e. The molecule has 0 saturated carbocycles. The predicted octanol–water partition coefficient (Wildman–Crippen LogP) is 15.2. The maximum atomic E-state index is 6.96. The van der Waals surface area contributed by atoms with Crippen molar-refractivity contribution in [3.8, 4) is 33.6 Å². The van der Waals surface area contributed by atoms with Gasteiger partial charge in [0.1, 0.15) is 22.5 Å². The Morgan fingerprint density at radius 1 is 0.358 bits per heavy atom. The Bertz CT molecular complexity index is 3390. The zero-order valence-electron chi connectivity index (χ0n) is 28.4. The van der Waals surface area contributed by atoms with Crippen molar-refractivity contribution in [3.05, 3.63) is 170 Å². The van der Waals surface area contributed by atoms with Crippen molar-refractivity contribution in [2.45, 2.75) is 0 Å². The summed E-state index contributed by atoms with van der Waals surface area (Å²) in [7, 11) is 0. The van der Waals surface area contributed by atoms with Crippen molar-refractivity contribution in [2.24, 2.45) is 0 Å². The highest BCUT2D eigenvalue weighted by Gasteiger charge is 2.23. The van der Waals surface area contributed by atoms with Crippen molar-refractivity contribution in [1.82, 2.24) is 0 Å². The Morgan fingerprint density at radius 2 is 1.02 bits per heavy atom. The van der Waals surface area contributed by atoms with Gasteiger partial charge < -0.3 is 8.83 Å². The number of thiophene rings is 1. The van der Waals surface area contributed by atoms with Crippen LogP contribution < -0.4 is 0 Å². The van der Waals surface area contributed by atoms with Gasteiger partial charge >= 0.3 is 0 Å². The summed E-state index contributed by atoms with van der Waals surface area (Å²) in [6.07, 6.45) is 0. The molecule has 0 aliphatic rings. The van der Waals surface area contributed by atoms with E-state index in [0.717, 1.165) is 55.2 Å². The number of hydrogen-bond acceptors (Lipinski definition) is 3. The minimum absolute atomic E-state index is 0.881. The van der Waals surface area contributed by atoms with E-state index in [1.54, 1.807) is 0 Å². The van der Waals surface area contributed by atoms with E-state index in [0.29, 0.717) is 0 Å². The SMILES string of the molecule is c1ccc(-c2cc3c(o2)c(-c2c4ccccc4c(-c4ccc5cc6c(cc5c4)oc4ccccc46)c4ccccc24)cc2c4ccccc4sc32)cc1. The molecule has 0 spiro atoms. The van der Waals surface area contributed by atoms with Gasteiger partial charge in [-0.15, -0.1) is 11.3 Å². The molecule has 0 fully saturated rings. The van der Waals surface area contributed by atoms with Gasteiger partial charge in [0.15, 0.2) is 0 Å². The molecule has 0 aliphatic carbocycles. The van der Waals surface area contributed by atoms with E-state index in [1.165, 1.54) is 63.8 Å². The van der Waals surface area contributed by atoms with Crippen molar-refractivity contribution in [3.63, 3.8) is 0 Å². The first-order valence-corrected chi connectivity index (χ1v) is 18.8. The lowest BCUT2D eigenvalue weighted by Gasteiger charge is -2.18. The van der Waals surface area contributed by atoms with Crippen LogP contribution in [0.4, 0.5) is 0 Å². The molecule has 3 heterocycles. The minimum Gasteiger partial charge on any atom is -0.456 e. The third kappa shape index (κ3) is 4.20. The van der Waals surface area contributed by atoms with Gasteiger partial charge in [0.25, 0.3) is 0 Å². The normalized spacial score (nSPS) is 12.2. The average Bonchev–Trinajstić information content (AvgIpc) is 3.93. The monoisotopic (exact) mass is 692 g/mol. The smallest absolute Gasteiger partial charge is 0.144 e. The molecule has 2 nitrogen and oxygen atoms in total. The highest BCUT2D eigenvalue weighted by Crippen LogP contribution is 2.50. The Kier molecular flexibility index (Phi) is 5.96. The first-order valence-electron chi connectivity index (χ1n) is 18.0. The van der Waals surface area contributed by atoms with E-state index < -0.39 is 0 Å². The highest BCUT2D eigenvalue weighted by atomic mass is 32.1. The standard InChI is InChI=1S/C50H28O2S/c1-2-12-29(13-3-1)44-28-42-49(52-44)41(27-40-34-15-9-11-21-46(34)53-50(40)42)48-37-18-6-4-16-35(37)47(36-17-5-7-19-38(36)48)31-23-22-30-25-39-33-14-8-10-20-43(33)51-45(39)26-32(30)24-31/h1-28H. The van der Waals surface area contributed by atoms with Crippen LogP contribution in [0.3, 0.4) is 0 Å². The molecule has 0 amide bonds. The van der Waals surface area contributed by atoms with Gasteiger partial charge in [-0.3, -0.25) is 0 Å². The summed E-state index contributed by atoms with van der Waals surface area (Å²) in [6.45, 7) is 0. The van der Waals surface area contributed by atoms with Crippen molar-refractivity contribution in [1.29, 1.82) is 0 Å². The second-order valence-corrected chi connectivity index (χ2v) is 15.0. The molecule has 0 bridgehead atoms. The van der Waals surface area contributed by atoms with Crippen LogP contribution in [0.25, 0.3) is 119 Å². The molecule has 246 valence electrons. The number of para-hydroxylation sites is 1. The van der Waals surface area contributed by atoms with Crippen molar-refractivity contribution >= 4 is 96.7 Å². The Morgan fingerprint density at radius 3 is 1.79 bits per heavy atom. The van der Waals surface area contributed by atoms with Gasteiger partial charge in [0.2, 0.25) is 0 Å². The van der Waals surface area contributed by atoms with Crippen LogP contribution >= 0.6 is 11.3 Å². The first kappa shape index (κ1) is 29.0. The molecule has 12 aromatic rings. The maximum Gasteiger partial charge on any atom is 0.144 e. The van der Waals surface area contributed by atoms with Gasteiger partial charge in [0, 0.05) is 53.0 Å². The third-order valence-electron chi connectivity index (χ3n) is 11.0. The molecule has 12 rings (SSSR count). The molecule has 0 aliphatic heterocycles. The molecule has 0 atom stereocenters. The van der Waals surface area contributed by atoms with E-state index in [-0.39, 0.29) is 0 Å². The van der Waals surface area contributed by atoms with Gasteiger partial charge in [-0.05, 0) is 85.9 Å². The van der Waals surface area contributed by atoms with E-state index in [9.17, 15) is 0 Å². The molecule has 0 unspecified atom stereocenters. The van der Waals surface area contributed by atoms with Gasteiger partial charge in [-0.25, -0.2) is 0 Å². The second kappa shape index (κ2) is 10.9. The van der Waals surface area contributed by atoms with Crippen LogP contribution in [-0.4, -0.2) is 0 Å². The van der Waals surface area contributed by atoms with Crippen molar-refractivity contribution < 1.29 is 8.83 Å². The van der Waals surface area contributed by atoms with Crippen LogP contribution in [-0.2, 0) is 0 Å². The van der Waals surface area contributed by atoms with Crippen molar-refractivity contribution in [2.75, 3.05) is 0 Å². The van der Waals surface area contributed by atoms with E-state index in [1.807, 2.05) is 23.5 Å². The summed E-state index contributed by atoms with van der Waals surface area (Å²) in [5.41, 5.74) is 8.55. The summed E-state index contributed by atoms with van der Waals surface area (Å²) >= 11 is 1.85. The summed E-state index contributed by atoms with van der Waals surface area (Å²) in [5, 5.41) is 13.2. The number of hydrogen-bond donors (Lipinski definition) is 0. The number of benzene rings is 9. The minimum atomic E-state index is 0.881. The molecule has 3 heteroatoms. The Hall–Kier alpha value is -6.68. The van der Waals surface area contributed by atoms with Crippen LogP contribution in [0.15, 0.2) is 179 Å². The first-order chi connectivity index (χ1) is 26.3. The van der Waals surface area contributed by atoms with Crippen LogP contribution in [0, 0.1) is 0 Å². The number of fused-ring (bicyclic) bond motifs is 11. The molecule has 53 heavy (non-hydrogen) atoms. The number of rotatable bonds is 3. The van der Waals surface area contributed by atoms with E-state index in [2.05, 4.69) is 158 Å². The van der Waals surface area contributed by atoms with Crippen LogP contribution in [0.5, 0.6) is 0 Å². The lowest BCUT2D eigenvalue weighted by molar-refractivity contribution is 0.633. The van der Waals surface area contributed by atoms with Gasteiger partial charge in [-0.1, -0.05) is 127 Å². The molecule has 0 N–H and O–H groups in total. The lowest BCUT2D eigenvalue weighted by atomic mass is 9.85. The fourth-order valence-corrected chi connectivity index (χ4v) is 9.86. The molecular formula is C50H28O2S. The molecule has 9 aromatic carbocycles. The van der Waals surface area contributed by atoms with E-state index >= 15 is 0 Å². The molecule has 0 radical (unpaired) electrons. The van der Waals surface area contributed by atoms with Crippen LogP contribution in [0.2, 0.25) is 0 Å². The Balaban J connectivity index is 1.17. The van der Waals surface area contributed by atoms with Gasteiger partial charge in [-0.2, -0.15) is 0 Å². The third-order valence-corrected chi connectivity index (χ3v) is 12.2.